The van der Waals surface area contributed by atoms with Crippen LogP contribution < -0.4 is 15.8 Å². The summed E-state index contributed by atoms with van der Waals surface area (Å²) in [4.78, 5) is 25.9. The van der Waals surface area contributed by atoms with Gasteiger partial charge >= 0.3 is 0 Å². The van der Waals surface area contributed by atoms with E-state index >= 15 is 4.39 Å². The van der Waals surface area contributed by atoms with E-state index in [1.54, 1.807) is 6.92 Å². The molecule has 2 aliphatic heterocycles. The highest BCUT2D eigenvalue weighted by molar-refractivity contribution is 8.04. The summed E-state index contributed by atoms with van der Waals surface area (Å²) < 4.78 is 32.3. The van der Waals surface area contributed by atoms with E-state index in [-0.39, 0.29) is 39.0 Å². The number of halogens is 2. The van der Waals surface area contributed by atoms with Gasteiger partial charge in [0.2, 0.25) is 0 Å². The van der Waals surface area contributed by atoms with Crippen molar-refractivity contribution in [1.82, 2.24) is 14.7 Å². The lowest BCUT2D eigenvalue weighted by Crippen LogP contribution is -2.71. The number of carbonyl (C=O) groups excluding carboxylic acids is 1. The van der Waals surface area contributed by atoms with Gasteiger partial charge in [-0.25, -0.2) is 14.4 Å². The van der Waals surface area contributed by atoms with Crippen LogP contribution in [0.3, 0.4) is 0 Å². The van der Waals surface area contributed by atoms with Gasteiger partial charge in [-0.15, -0.1) is 0 Å². The van der Waals surface area contributed by atoms with Gasteiger partial charge < -0.3 is 11.1 Å². The number of amidine groups is 1. The number of pyridine rings is 2. The number of nitriles is 1. The van der Waals surface area contributed by atoms with Crippen molar-refractivity contribution >= 4 is 39.3 Å². The Balaban J connectivity index is 1.55. The number of nitrogens with one attached hydrogen (secondary N) is 2. The third-order valence-electron chi connectivity index (χ3n) is 7.92. The van der Waals surface area contributed by atoms with Crippen molar-refractivity contribution in [2.45, 2.75) is 55.6 Å². The lowest BCUT2D eigenvalue weighted by Gasteiger charge is -2.57. The van der Waals surface area contributed by atoms with Crippen LogP contribution in [-0.4, -0.2) is 42.5 Å². The minimum Gasteiger partial charge on any atom is -0.386 e. The van der Waals surface area contributed by atoms with Crippen molar-refractivity contribution < 1.29 is 13.4 Å². The second-order valence-corrected chi connectivity index (χ2v) is 14.3. The van der Waals surface area contributed by atoms with Crippen LogP contribution in [0.15, 0.2) is 29.4 Å². The smallest absolute Gasteiger partial charge is 0.276 e. The Morgan fingerprint density at radius 3 is 2.72 bits per heavy atom. The fraction of sp³-hybridized carbons (Fsp3) is 0.458. The molecule has 1 saturated carbocycles. The largest absolute Gasteiger partial charge is 0.386 e. The molecule has 0 radical (unpaired) electrons. The first kappa shape index (κ1) is 24.7. The van der Waals surface area contributed by atoms with Gasteiger partial charge in [0, 0.05) is 12.7 Å². The average Bonchev–Trinajstić information content (AvgIpc) is 3.59. The average molecular weight is 532 g/mol. The standard InChI is InChI=1S/C24H27ClFN7O2S/c1-22(2)21(28)33-23(3,16-9-24(6-7-24)12-30-36(16,22)35)19-15(26)4-5-17(31-19)32-20(34)18-14(25)8-13(10-27)11-29-18/h4-5,8,11,16,36H,6-7,9,12H2,1-3H3,(H2,28,33)(H,30,35)(H,31,32,34)/t16-,23?/m1/s1. The van der Waals surface area contributed by atoms with Crippen molar-refractivity contribution in [2.24, 2.45) is 16.1 Å². The maximum atomic E-state index is 15.4. The normalized spacial score (nSPS) is 27.8. The predicted octanol–water partition coefficient (Wildman–Crippen LogP) is 2.83. The number of aromatic nitrogens is 2. The highest BCUT2D eigenvalue weighted by atomic mass is 35.5. The lowest BCUT2D eigenvalue weighted by atomic mass is 9.84. The van der Waals surface area contributed by atoms with Gasteiger partial charge in [-0.2, -0.15) is 5.26 Å². The van der Waals surface area contributed by atoms with Crippen molar-refractivity contribution in [3.63, 3.8) is 0 Å². The SMILES string of the molecule is CC1(c2nc(NC(=O)c3ncc(C#N)cc3Cl)ccc2F)N=C(N)C(C)(C)[SH]2(=O)NCC3(CC3)C[C@H]12. The number of fused-ring (bicyclic) bond motifs is 1. The van der Waals surface area contributed by atoms with Gasteiger partial charge in [-0.1, -0.05) is 11.6 Å². The molecule has 2 aromatic rings. The van der Waals surface area contributed by atoms with Crippen molar-refractivity contribution in [3.05, 3.63) is 52.2 Å². The number of amides is 1. The molecule has 4 N–H and O–H groups in total. The van der Waals surface area contributed by atoms with Gasteiger partial charge in [-0.3, -0.25) is 18.7 Å². The number of rotatable bonds is 3. The van der Waals surface area contributed by atoms with Crippen molar-refractivity contribution in [3.8, 4) is 6.07 Å². The van der Waals surface area contributed by atoms with Gasteiger partial charge in [0.25, 0.3) is 5.91 Å². The first-order chi connectivity index (χ1) is 16.8. The lowest BCUT2D eigenvalue weighted by molar-refractivity contribution is 0.102. The van der Waals surface area contributed by atoms with Crippen LogP contribution in [0.5, 0.6) is 0 Å². The molecule has 2 aromatic heterocycles. The van der Waals surface area contributed by atoms with Crippen LogP contribution in [0, 0.1) is 22.6 Å². The number of aliphatic imine (C=N–C) groups is 1. The van der Waals surface area contributed by atoms with Gasteiger partial charge in [0.1, 0.15) is 40.5 Å². The molecule has 5 rings (SSSR count). The Morgan fingerprint density at radius 1 is 1.36 bits per heavy atom. The van der Waals surface area contributed by atoms with E-state index in [1.165, 1.54) is 24.4 Å². The van der Waals surface area contributed by atoms with E-state index in [0.717, 1.165) is 12.8 Å². The molecule has 1 spiro atoms. The third-order valence-corrected chi connectivity index (χ3v) is 12.3. The monoisotopic (exact) mass is 531 g/mol. The topological polar surface area (TPSA) is 146 Å². The molecule has 2 atom stereocenters. The Labute approximate surface area is 214 Å². The predicted molar refractivity (Wildman–Crippen MR) is 137 cm³/mol. The number of nitrogens with zero attached hydrogens (tertiary/aromatic N) is 4. The first-order valence-electron chi connectivity index (χ1n) is 11.6. The van der Waals surface area contributed by atoms with E-state index in [9.17, 15) is 9.00 Å². The summed E-state index contributed by atoms with van der Waals surface area (Å²) in [5, 5.41) is 11.0. The third kappa shape index (κ3) is 3.62. The number of hydrogen-bond donors (Lipinski definition) is 4. The van der Waals surface area contributed by atoms with E-state index in [2.05, 4.69) is 20.0 Å². The van der Waals surface area contributed by atoms with Crippen LogP contribution in [0.1, 0.15) is 61.8 Å². The zero-order valence-electron chi connectivity index (χ0n) is 20.1. The number of carbonyl (C=O) groups is 1. The van der Waals surface area contributed by atoms with Gasteiger partial charge in [0.15, 0.2) is 0 Å². The summed E-state index contributed by atoms with van der Waals surface area (Å²) in [5.74, 6) is -1.08. The van der Waals surface area contributed by atoms with E-state index in [4.69, 9.17) is 27.6 Å². The molecule has 0 aromatic carbocycles. The van der Waals surface area contributed by atoms with Gasteiger partial charge in [0.05, 0.1) is 20.6 Å². The number of thiol groups is 1. The molecule has 4 heterocycles. The van der Waals surface area contributed by atoms with Crippen molar-refractivity contribution in [1.29, 1.82) is 5.26 Å². The minimum absolute atomic E-state index is 0.00307. The fourth-order valence-electron chi connectivity index (χ4n) is 5.25. The number of nitrogens with two attached hydrogens (primary N) is 1. The Hall–Kier alpha value is -2.94. The highest BCUT2D eigenvalue weighted by Gasteiger charge is 2.63. The zero-order chi connectivity index (χ0) is 26.1. The molecule has 36 heavy (non-hydrogen) atoms. The Bertz CT molecular complexity index is 1420. The van der Waals surface area contributed by atoms with Crippen molar-refractivity contribution in [2.75, 3.05) is 11.9 Å². The van der Waals surface area contributed by atoms with Gasteiger partial charge in [-0.05, 0) is 73.8 Å². The molecule has 12 heteroatoms. The molecule has 2 fully saturated rings. The molecule has 1 amide bonds. The summed E-state index contributed by atoms with van der Waals surface area (Å²) in [7, 11) is -3.18. The Morgan fingerprint density at radius 2 is 2.08 bits per heavy atom. The first-order valence-corrected chi connectivity index (χ1v) is 13.8. The molecule has 1 aliphatic carbocycles. The molecular formula is C24H27ClFN7O2S. The van der Waals surface area contributed by atoms with Crippen LogP contribution in [0.2, 0.25) is 5.02 Å². The molecule has 1 saturated heterocycles. The maximum Gasteiger partial charge on any atom is 0.276 e. The minimum atomic E-state index is -3.18. The Kier molecular flexibility index (Phi) is 5.52. The summed E-state index contributed by atoms with van der Waals surface area (Å²) >= 11 is 6.11. The van der Waals surface area contributed by atoms with E-state index < -0.39 is 37.4 Å². The van der Waals surface area contributed by atoms with Crippen LogP contribution in [0.4, 0.5) is 10.2 Å². The summed E-state index contributed by atoms with van der Waals surface area (Å²) in [6.07, 6.45) is 3.87. The molecule has 190 valence electrons. The maximum absolute atomic E-state index is 15.4. The summed E-state index contributed by atoms with van der Waals surface area (Å²) in [6.45, 7) is 5.97. The fourth-order valence-corrected chi connectivity index (χ4v) is 9.39. The molecule has 0 bridgehead atoms. The quantitative estimate of drug-likeness (QED) is 0.448. The second-order valence-electron chi connectivity index (χ2n) is 10.6. The number of hydrogen-bond acceptors (Lipinski definition) is 7. The molecule has 1 unspecified atom stereocenters. The van der Waals surface area contributed by atoms with E-state index in [1.807, 2.05) is 19.9 Å². The van der Waals surface area contributed by atoms with Crippen LogP contribution in [-0.2, 0) is 15.7 Å². The summed E-state index contributed by atoms with van der Waals surface area (Å²) in [5.41, 5.74) is 5.14. The molecule has 3 aliphatic rings. The molecule has 9 nitrogen and oxygen atoms in total. The second kappa shape index (κ2) is 8.03. The van der Waals surface area contributed by atoms with Crippen LogP contribution in [0.25, 0.3) is 0 Å². The van der Waals surface area contributed by atoms with E-state index in [0.29, 0.717) is 13.0 Å². The number of anilines is 1. The zero-order valence-corrected chi connectivity index (χ0v) is 21.8. The molecular weight excluding hydrogens is 505 g/mol. The van der Waals surface area contributed by atoms with Crippen LogP contribution >= 0.6 is 11.6 Å². The highest BCUT2D eigenvalue weighted by Crippen LogP contribution is 2.59. The summed E-state index contributed by atoms with van der Waals surface area (Å²) in [6, 6.07) is 5.74.